The molecule has 0 spiro atoms. The first-order valence-corrected chi connectivity index (χ1v) is 6.33. The average molecular weight is 236 g/mol. The van der Waals surface area contributed by atoms with Gasteiger partial charge >= 0.3 is 0 Å². The molecule has 0 amide bonds. The maximum atomic E-state index is 9.98. The molecule has 0 fully saturated rings. The number of rotatable bonds is 6. The molecule has 0 saturated carbocycles. The lowest BCUT2D eigenvalue weighted by Gasteiger charge is -2.13. The van der Waals surface area contributed by atoms with Gasteiger partial charge < -0.3 is 9.84 Å². The van der Waals surface area contributed by atoms with Gasteiger partial charge in [-0.2, -0.15) is 0 Å². The molecular weight excluding hydrogens is 212 g/mol. The molecule has 0 aromatic heterocycles. The van der Waals surface area contributed by atoms with Crippen LogP contribution in [0.3, 0.4) is 0 Å². The maximum absolute atomic E-state index is 9.98. The zero-order valence-electron chi connectivity index (χ0n) is 11.4. The fraction of sp³-hybridized carbons (Fsp3) is 0.600. The summed E-state index contributed by atoms with van der Waals surface area (Å²) in [6.07, 6.45) is 0.529. The van der Waals surface area contributed by atoms with Gasteiger partial charge in [-0.25, -0.2) is 0 Å². The van der Waals surface area contributed by atoms with E-state index < -0.39 is 6.10 Å². The molecule has 96 valence electrons. The summed E-state index contributed by atoms with van der Waals surface area (Å²) in [6.45, 7) is 9.58. The number of benzene rings is 1. The molecule has 0 aliphatic rings. The molecule has 1 N–H and O–H groups in total. The zero-order chi connectivity index (χ0) is 12.8. The summed E-state index contributed by atoms with van der Waals surface area (Å²) in [7, 11) is 0. The zero-order valence-corrected chi connectivity index (χ0v) is 11.4. The van der Waals surface area contributed by atoms with Crippen LogP contribution < -0.4 is 0 Å². The Labute approximate surface area is 105 Å². The van der Waals surface area contributed by atoms with Gasteiger partial charge in [-0.05, 0) is 42.9 Å². The number of aryl methyl sites for hydroxylation is 2. The highest BCUT2D eigenvalue weighted by Crippen LogP contribution is 2.17. The summed E-state index contributed by atoms with van der Waals surface area (Å²) in [4.78, 5) is 0. The minimum atomic E-state index is -0.513. The van der Waals surface area contributed by atoms with E-state index in [-0.39, 0.29) is 0 Å². The van der Waals surface area contributed by atoms with Gasteiger partial charge in [0.1, 0.15) is 6.10 Å². The fourth-order valence-electron chi connectivity index (χ4n) is 1.58. The molecule has 0 aliphatic carbocycles. The predicted molar refractivity (Wildman–Crippen MR) is 71.1 cm³/mol. The highest BCUT2D eigenvalue weighted by atomic mass is 16.5. The van der Waals surface area contributed by atoms with Crippen LogP contribution in [0, 0.1) is 19.8 Å². The third-order valence-electron chi connectivity index (χ3n) is 3.03. The van der Waals surface area contributed by atoms with E-state index in [0.29, 0.717) is 12.5 Å². The Morgan fingerprint density at radius 3 is 2.47 bits per heavy atom. The number of hydrogen-bond acceptors (Lipinski definition) is 2. The van der Waals surface area contributed by atoms with Crippen LogP contribution in [0.15, 0.2) is 18.2 Å². The molecule has 1 rings (SSSR count). The highest BCUT2D eigenvalue weighted by Gasteiger charge is 2.08. The summed E-state index contributed by atoms with van der Waals surface area (Å²) in [5.74, 6) is 0.647. The predicted octanol–water partition coefficient (Wildman–Crippen LogP) is 3.40. The largest absolute Gasteiger partial charge is 0.386 e. The van der Waals surface area contributed by atoms with Gasteiger partial charge in [0.2, 0.25) is 0 Å². The standard InChI is InChI=1S/C15H24O2/c1-11(2)7-8-17-10-15(16)14-6-5-12(3)13(4)9-14/h5-6,9,11,15-16H,7-8,10H2,1-4H3. The van der Waals surface area contributed by atoms with Crippen LogP contribution in [0.2, 0.25) is 0 Å². The van der Waals surface area contributed by atoms with Crippen molar-refractivity contribution in [1.29, 1.82) is 0 Å². The van der Waals surface area contributed by atoms with Crippen molar-refractivity contribution in [3.63, 3.8) is 0 Å². The van der Waals surface area contributed by atoms with Crippen LogP contribution in [-0.4, -0.2) is 18.3 Å². The van der Waals surface area contributed by atoms with Crippen molar-refractivity contribution in [2.45, 2.75) is 40.2 Å². The average Bonchev–Trinajstić information content (AvgIpc) is 2.27. The number of aliphatic hydroxyl groups excluding tert-OH is 1. The first-order chi connectivity index (χ1) is 8.00. The van der Waals surface area contributed by atoms with Gasteiger partial charge in [0, 0.05) is 6.61 Å². The van der Waals surface area contributed by atoms with Crippen molar-refractivity contribution in [2.24, 2.45) is 5.92 Å². The van der Waals surface area contributed by atoms with Gasteiger partial charge in [0.05, 0.1) is 6.61 Å². The normalized spacial score (nSPS) is 13.1. The Kier molecular flexibility index (Phi) is 5.66. The second kappa shape index (κ2) is 6.77. The molecule has 2 nitrogen and oxygen atoms in total. The quantitative estimate of drug-likeness (QED) is 0.767. The lowest BCUT2D eigenvalue weighted by atomic mass is 10.0. The van der Waals surface area contributed by atoms with Crippen LogP contribution >= 0.6 is 0 Å². The van der Waals surface area contributed by atoms with E-state index in [0.717, 1.165) is 18.6 Å². The Morgan fingerprint density at radius 1 is 1.18 bits per heavy atom. The Hall–Kier alpha value is -0.860. The first kappa shape index (κ1) is 14.2. The molecule has 0 radical (unpaired) electrons. The molecule has 0 bridgehead atoms. The highest BCUT2D eigenvalue weighted by molar-refractivity contribution is 5.31. The molecule has 0 aliphatic heterocycles. The minimum absolute atomic E-state index is 0.384. The van der Waals surface area contributed by atoms with Crippen molar-refractivity contribution < 1.29 is 9.84 Å². The Morgan fingerprint density at radius 2 is 1.88 bits per heavy atom. The summed E-state index contributed by atoms with van der Waals surface area (Å²) in [5.41, 5.74) is 3.41. The van der Waals surface area contributed by atoms with E-state index in [9.17, 15) is 5.11 Å². The molecule has 17 heavy (non-hydrogen) atoms. The van der Waals surface area contributed by atoms with E-state index in [1.807, 2.05) is 18.2 Å². The smallest absolute Gasteiger partial charge is 0.102 e. The van der Waals surface area contributed by atoms with Gasteiger partial charge in [0.15, 0.2) is 0 Å². The van der Waals surface area contributed by atoms with Gasteiger partial charge in [-0.3, -0.25) is 0 Å². The summed E-state index contributed by atoms with van der Waals surface area (Å²) in [6, 6.07) is 6.05. The van der Waals surface area contributed by atoms with E-state index >= 15 is 0 Å². The molecule has 1 aromatic carbocycles. The molecule has 0 saturated heterocycles. The fourth-order valence-corrected chi connectivity index (χ4v) is 1.58. The molecule has 2 heteroatoms. The van der Waals surface area contributed by atoms with E-state index in [2.05, 4.69) is 27.7 Å². The van der Waals surface area contributed by atoms with Crippen LogP contribution in [0.4, 0.5) is 0 Å². The van der Waals surface area contributed by atoms with Gasteiger partial charge in [-0.15, -0.1) is 0 Å². The first-order valence-electron chi connectivity index (χ1n) is 6.33. The third kappa shape index (κ3) is 4.88. The maximum Gasteiger partial charge on any atom is 0.102 e. The van der Waals surface area contributed by atoms with Crippen molar-refractivity contribution in [1.82, 2.24) is 0 Å². The molecule has 1 atom stereocenters. The van der Waals surface area contributed by atoms with Crippen molar-refractivity contribution in [3.8, 4) is 0 Å². The summed E-state index contributed by atoms with van der Waals surface area (Å²) < 4.78 is 5.48. The van der Waals surface area contributed by atoms with E-state index in [1.165, 1.54) is 11.1 Å². The Balaban J connectivity index is 2.41. The van der Waals surface area contributed by atoms with Gasteiger partial charge in [0.25, 0.3) is 0 Å². The topological polar surface area (TPSA) is 29.5 Å². The summed E-state index contributed by atoms with van der Waals surface area (Å²) >= 11 is 0. The lowest BCUT2D eigenvalue weighted by molar-refractivity contribution is 0.0319. The summed E-state index contributed by atoms with van der Waals surface area (Å²) in [5, 5.41) is 9.98. The minimum Gasteiger partial charge on any atom is -0.386 e. The van der Waals surface area contributed by atoms with E-state index in [4.69, 9.17) is 4.74 Å². The van der Waals surface area contributed by atoms with Crippen LogP contribution in [0.5, 0.6) is 0 Å². The lowest BCUT2D eigenvalue weighted by Crippen LogP contribution is -2.09. The second-order valence-electron chi connectivity index (χ2n) is 5.12. The molecular formula is C15H24O2. The van der Waals surface area contributed by atoms with Crippen molar-refractivity contribution in [2.75, 3.05) is 13.2 Å². The Bertz CT molecular complexity index is 345. The van der Waals surface area contributed by atoms with Crippen molar-refractivity contribution in [3.05, 3.63) is 34.9 Å². The van der Waals surface area contributed by atoms with Crippen LogP contribution in [0.25, 0.3) is 0 Å². The molecule has 1 unspecified atom stereocenters. The number of ether oxygens (including phenoxy) is 1. The van der Waals surface area contributed by atoms with Gasteiger partial charge in [-0.1, -0.05) is 32.0 Å². The van der Waals surface area contributed by atoms with Crippen molar-refractivity contribution >= 4 is 0 Å². The number of hydrogen-bond donors (Lipinski definition) is 1. The number of aliphatic hydroxyl groups is 1. The van der Waals surface area contributed by atoms with E-state index in [1.54, 1.807) is 0 Å². The van der Waals surface area contributed by atoms with Crippen LogP contribution in [-0.2, 0) is 4.74 Å². The molecule has 0 heterocycles. The second-order valence-corrected chi connectivity index (χ2v) is 5.12. The molecule has 1 aromatic rings. The van der Waals surface area contributed by atoms with Crippen LogP contribution in [0.1, 0.15) is 43.1 Å². The third-order valence-corrected chi connectivity index (χ3v) is 3.03. The monoisotopic (exact) mass is 236 g/mol. The SMILES string of the molecule is Cc1ccc(C(O)COCCC(C)C)cc1C.